The Kier molecular flexibility index (Phi) is 2.44. The minimum absolute atomic E-state index is 0.0961. The van der Waals surface area contributed by atoms with Crippen LogP contribution in [0.15, 0.2) is 21.3 Å². The van der Waals surface area contributed by atoms with Gasteiger partial charge in [-0.25, -0.2) is 0 Å². The number of rotatable bonds is 2. The van der Waals surface area contributed by atoms with E-state index in [1.807, 2.05) is 16.8 Å². The molecule has 6 heteroatoms. The van der Waals surface area contributed by atoms with E-state index < -0.39 is 0 Å². The molecule has 88 valence electrons. The number of carbonyl (C=O) groups is 1. The molecule has 0 aromatic carbocycles. The number of likely N-dealkylation sites (tertiary alicyclic amines) is 1. The first kappa shape index (κ1) is 10.5. The van der Waals surface area contributed by atoms with Gasteiger partial charge in [-0.1, -0.05) is 5.16 Å². The molecule has 0 aliphatic carbocycles. The molecule has 5 nitrogen and oxygen atoms in total. The van der Waals surface area contributed by atoms with Crippen LogP contribution in [-0.2, 0) is 4.79 Å². The van der Waals surface area contributed by atoms with E-state index in [0.29, 0.717) is 24.8 Å². The van der Waals surface area contributed by atoms with Crippen LogP contribution in [0.4, 0.5) is 0 Å². The highest BCUT2D eigenvalue weighted by molar-refractivity contribution is 7.08. The molecular formula is C11H11N3O2S. The number of carbonyl (C=O) groups excluding carboxylic acids is 1. The lowest BCUT2D eigenvalue weighted by molar-refractivity contribution is -0.133. The van der Waals surface area contributed by atoms with Crippen LogP contribution in [0.1, 0.15) is 18.7 Å². The molecule has 0 N–H and O–H groups in total. The van der Waals surface area contributed by atoms with Crippen LogP contribution in [0, 0.1) is 0 Å². The monoisotopic (exact) mass is 249 g/mol. The van der Waals surface area contributed by atoms with Crippen molar-refractivity contribution in [2.24, 2.45) is 0 Å². The zero-order valence-corrected chi connectivity index (χ0v) is 10.1. The quantitative estimate of drug-likeness (QED) is 0.813. The van der Waals surface area contributed by atoms with Crippen LogP contribution in [-0.4, -0.2) is 34.0 Å². The maximum atomic E-state index is 11.1. The summed E-state index contributed by atoms with van der Waals surface area (Å²) in [5.74, 6) is 1.55. The van der Waals surface area contributed by atoms with Gasteiger partial charge in [0.15, 0.2) is 0 Å². The first-order valence-electron chi connectivity index (χ1n) is 5.35. The van der Waals surface area contributed by atoms with E-state index in [1.165, 1.54) is 0 Å². The van der Waals surface area contributed by atoms with E-state index in [1.54, 1.807) is 23.2 Å². The summed E-state index contributed by atoms with van der Waals surface area (Å²) in [6, 6.07) is 1.96. The third-order valence-electron chi connectivity index (χ3n) is 2.90. The Morgan fingerprint density at radius 2 is 2.41 bits per heavy atom. The SMILES string of the molecule is CC(=O)N1CC(c2nc(-c3ccsc3)no2)C1. The molecule has 3 heterocycles. The summed E-state index contributed by atoms with van der Waals surface area (Å²) in [4.78, 5) is 17.2. The molecule has 0 saturated carbocycles. The number of thiophene rings is 1. The van der Waals surface area contributed by atoms with Crippen LogP contribution < -0.4 is 0 Å². The van der Waals surface area contributed by atoms with Gasteiger partial charge in [-0.3, -0.25) is 4.79 Å². The van der Waals surface area contributed by atoms with Crippen molar-refractivity contribution in [3.05, 3.63) is 22.7 Å². The molecule has 1 fully saturated rings. The lowest BCUT2D eigenvalue weighted by Gasteiger charge is -2.36. The van der Waals surface area contributed by atoms with Crippen molar-refractivity contribution in [3.8, 4) is 11.4 Å². The Balaban J connectivity index is 1.72. The Labute approximate surface area is 102 Å². The molecule has 0 atom stereocenters. The van der Waals surface area contributed by atoms with Crippen LogP contribution in [0.5, 0.6) is 0 Å². The van der Waals surface area contributed by atoms with Gasteiger partial charge in [0, 0.05) is 31.0 Å². The third-order valence-corrected chi connectivity index (χ3v) is 3.58. The predicted octanol–water partition coefficient (Wildman–Crippen LogP) is 1.74. The summed E-state index contributed by atoms with van der Waals surface area (Å²) in [5, 5.41) is 7.91. The van der Waals surface area contributed by atoms with Gasteiger partial charge in [-0.2, -0.15) is 16.3 Å². The Morgan fingerprint density at radius 1 is 1.59 bits per heavy atom. The van der Waals surface area contributed by atoms with Gasteiger partial charge in [0.05, 0.1) is 5.92 Å². The molecule has 1 amide bonds. The molecule has 1 saturated heterocycles. The number of hydrogen-bond acceptors (Lipinski definition) is 5. The van der Waals surface area contributed by atoms with E-state index in [4.69, 9.17) is 4.52 Å². The second-order valence-corrected chi connectivity index (χ2v) is 4.87. The van der Waals surface area contributed by atoms with Gasteiger partial charge in [-0.05, 0) is 11.4 Å². The molecule has 3 rings (SSSR count). The van der Waals surface area contributed by atoms with Crippen molar-refractivity contribution < 1.29 is 9.32 Å². The van der Waals surface area contributed by atoms with Crippen LogP contribution in [0.3, 0.4) is 0 Å². The molecule has 0 unspecified atom stereocenters. The molecule has 17 heavy (non-hydrogen) atoms. The minimum atomic E-state index is 0.0961. The van der Waals surface area contributed by atoms with E-state index >= 15 is 0 Å². The zero-order chi connectivity index (χ0) is 11.8. The maximum absolute atomic E-state index is 11.1. The van der Waals surface area contributed by atoms with Gasteiger partial charge in [-0.15, -0.1) is 0 Å². The van der Waals surface area contributed by atoms with Gasteiger partial charge in [0.25, 0.3) is 0 Å². The number of hydrogen-bond donors (Lipinski definition) is 0. The van der Waals surface area contributed by atoms with Gasteiger partial charge >= 0.3 is 0 Å². The van der Waals surface area contributed by atoms with E-state index in [0.717, 1.165) is 5.56 Å². The average molecular weight is 249 g/mol. The fourth-order valence-electron chi connectivity index (χ4n) is 1.80. The molecule has 0 radical (unpaired) electrons. The summed E-state index contributed by atoms with van der Waals surface area (Å²) >= 11 is 1.60. The van der Waals surface area contributed by atoms with Crippen molar-refractivity contribution >= 4 is 17.2 Å². The lowest BCUT2D eigenvalue weighted by atomic mass is 10.0. The molecular weight excluding hydrogens is 238 g/mol. The molecule has 0 spiro atoms. The summed E-state index contributed by atoms with van der Waals surface area (Å²) in [7, 11) is 0. The minimum Gasteiger partial charge on any atom is -0.341 e. The third kappa shape index (κ3) is 1.84. The zero-order valence-electron chi connectivity index (χ0n) is 9.29. The van der Waals surface area contributed by atoms with Gasteiger partial charge < -0.3 is 9.42 Å². The van der Waals surface area contributed by atoms with Crippen LogP contribution >= 0.6 is 11.3 Å². The van der Waals surface area contributed by atoms with E-state index in [-0.39, 0.29) is 11.8 Å². The van der Waals surface area contributed by atoms with Crippen molar-refractivity contribution in [3.63, 3.8) is 0 Å². The van der Waals surface area contributed by atoms with Crippen LogP contribution in [0.2, 0.25) is 0 Å². The highest BCUT2D eigenvalue weighted by atomic mass is 32.1. The Morgan fingerprint density at radius 3 is 3.06 bits per heavy atom. The number of amides is 1. The number of aromatic nitrogens is 2. The highest BCUT2D eigenvalue weighted by Crippen LogP contribution is 2.27. The standard InChI is InChI=1S/C11H11N3O2S/c1-7(15)14-4-9(5-14)11-12-10(13-16-11)8-2-3-17-6-8/h2-3,6,9H,4-5H2,1H3. The van der Waals surface area contributed by atoms with Crippen molar-refractivity contribution in [1.29, 1.82) is 0 Å². The summed E-state index contributed by atoms with van der Waals surface area (Å²) in [6.45, 7) is 2.93. The second kappa shape index (κ2) is 3.96. The summed E-state index contributed by atoms with van der Waals surface area (Å²) < 4.78 is 5.23. The molecule has 2 aromatic heterocycles. The summed E-state index contributed by atoms with van der Waals surface area (Å²) in [6.07, 6.45) is 0. The first-order valence-corrected chi connectivity index (χ1v) is 6.30. The second-order valence-electron chi connectivity index (χ2n) is 4.09. The topological polar surface area (TPSA) is 59.2 Å². The van der Waals surface area contributed by atoms with Gasteiger partial charge in [0.1, 0.15) is 0 Å². The Bertz CT molecular complexity index is 529. The van der Waals surface area contributed by atoms with E-state index in [9.17, 15) is 4.79 Å². The lowest BCUT2D eigenvalue weighted by Crippen LogP contribution is -2.47. The fourth-order valence-corrected chi connectivity index (χ4v) is 2.44. The molecule has 2 aromatic rings. The Hall–Kier alpha value is -1.69. The first-order chi connectivity index (χ1) is 8.24. The maximum Gasteiger partial charge on any atom is 0.233 e. The largest absolute Gasteiger partial charge is 0.341 e. The predicted molar refractivity (Wildman–Crippen MR) is 62.6 cm³/mol. The molecule has 1 aliphatic rings. The van der Waals surface area contributed by atoms with Crippen LogP contribution in [0.25, 0.3) is 11.4 Å². The molecule has 0 bridgehead atoms. The fraction of sp³-hybridized carbons (Fsp3) is 0.364. The van der Waals surface area contributed by atoms with Gasteiger partial charge in [0.2, 0.25) is 17.6 Å². The number of nitrogens with zero attached hydrogens (tertiary/aromatic N) is 3. The average Bonchev–Trinajstić information content (AvgIpc) is 2.82. The smallest absolute Gasteiger partial charge is 0.233 e. The van der Waals surface area contributed by atoms with Crippen molar-refractivity contribution in [1.82, 2.24) is 15.0 Å². The van der Waals surface area contributed by atoms with E-state index in [2.05, 4.69) is 10.1 Å². The van der Waals surface area contributed by atoms with Crippen molar-refractivity contribution in [2.75, 3.05) is 13.1 Å². The highest BCUT2D eigenvalue weighted by Gasteiger charge is 2.34. The molecule has 1 aliphatic heterocycles. The normalized spacial score (nSPS) is 15.9. The van der Waals surface area contributed by atoms with Crippen molar-refractivity contribution in [2.45, 2.75) is 12.8 Å². The summed E-state index contributed by atoms with van der Waals surface area (Å²) in [5.41, 5.74) is 0.979.